The first-order chi connectivity index (χ1) is 13.0. The van der Waals surface area contributed by atoms with Crippen LogP contribution in [0.5, 0.6) is 5.75 Å². The Labute approximate surface area is 154 Å². The van der Waals surface area contributed by atoms with E-state index in [-0.39, 0.29) is 11.5 Å². The lowest BCUT2D eigenvalue weighted by atomic mass is 10.1. The molecule has 0 atom stereocenters. The van der Waals surface area contributed by atoms with E-state index in [1.165, 1.54) is 30.5 Å². The maximum atomic E-state index is 13.8. The minimum atomic E-state index is -0.760. The van der Waals surface area contributed by atoms with Crippen LogP contribution >= 0.6 is 0 Å². The van der Waals surface area contributed by atoms with E-state index in [1.54, 1.807) is 6.07 Å². The van der Waals surface area contributed by atoms with Crippen LogP contribution in [0.2, 0.25) is 0 Å². The predicted octanol–water partition coefficient (Wildman–Crippen LogP) is 3.31. The molecule has 1 aromatic carbocycles. The number of anilines is 1. The van der Waals surface area contributed by atoms with Crippen molar-refractivity contribution in [3.63, 3.8) is 0 Å². The van der Waals surface area contributed by atoms with Crippen LogP contribution < -0.4 is 10.3 Å². The number of ether oxygens (including phenoxy) is 1. The van der Waals surface area contributed by atoms with Crippen molar-refractivity contribution < 1.29 is 18.7 Å². The molecule has 0 saturated carbocycles. The number of rotatable bonds is 3. The van der Waals surface area contributed by atoms with Crippen molar-refractivity contribution in [3.05, 3.63) is 52.6 Å². The quantitative estimate of drug-likeness (QED) is 0.762. The molecule has 27 heavy (non-hydrogen) atoms. The number of hydrogen-bond acceptors (Lipinski definition) is 6. The third kappa shape index (κ3) is 3.26. The van der Waals surface area contributed by atoms with Crippen LogP contribution in [0.1, 0.15) is 12.8 Å². The van der Waals surface area contributed by atoms with Gasteiger partial charge in [0.2, 0.25) is 0 Å². The summed E-state index contributed by atoms with van der Waals surface area (Å²) in [6.45, 7) is 1.35. The molecule has 1 aliphatic heterocycles. The molecule has 7 heteroatoms. The molecule has 3 heterocycles. The molecule has 4 rings (SSSR count). The molecule has 0 radical (unpaired) electrons. The summed E-state index contributed by atoms with van der Waals surface area (Å²) >= 11 is 0. The Balaban J connectivity index is 1.84. The second kappa shape index (κ2) is 7.00. The first kappa shape index (κ1) is 17.5. The highest BCUT2D eigenvalue weighted by atomic mass is 19.1. The van der Waals surface area contributed by atoms with Gasteiger partial charge in [0.25, 0.3) is 0 Å². The first-order valence-corrected chi connectivity index (χ1v) is 8.77. The van der Waals surface area contributed by atoms with Crippen molar-refractivity contribution in [2.75, 3.05) is 25.2 Å². The van der Waals surface area contributed by atoms with E-state index < -0.39 is 11.6 Å². The fourth-order valence-electron chi connectivity index (χ4n) is 3.36. The van der Waals surface area contributed by atoms with Crippen molar-refractivity contribution in [1.29, 1.82) is 0 Å². The third-order valence-corrected chi connectivity index (χ3v) is 4.94. The lowest BCUT2D eigenvalue weighted by molar-refractivity contribution is 0.0848. The van der Waals surface area contributed by atoms with Gasteiger partial charge in [-0.3, -0.25) is 9.78 Å². The predicted molar refractivity (Wildman–Crippen MR) is 99.6 cm³/mol. The van der Waals surface area contributed by atoms with Crippen molar-refractivity contribution in [2.45, 2.75) is 18.9 Å². The molecule has 3 aromatic rings. The topological polar surface area (TPSA) is 75.8 Å². The summed E-state index contributed by atoms with van der Waals surface area (Å²) in [6, 6.07) is 7.23. The zero-order valence-electron chi connectivity index (χ0n) is 14.8. The van der Waals surface area contributed by atoms with Gasteiger partial charge in [-0.1, -0.05) is 0 Å². The monoisotopic (exact) mass is 370 g/mol. The maximum Gasteiger partial charge on any atom is 0.200 e. The standard InChI is InChI=1S/C20H19FN2O4/c1-23(13-5-8-26-9-6-13)18-11-17(25)14-4-7-22-19(20(14)27-18)12-2-3-16(24)15(21)10-12/h2-4,7,10-11,13,24H,5-6,8-9H2,1H3. The van der Waals surface area contributed by atoms with Gasteiger partial charge in [-0.2, -0.15) is 0 Å². The molecule has 1 aliphatic rings. The van der Waals surface area contributed by atoms with Crippen LogP contribution in [0.15, 0.2) is 45.7 Å². The van der Waals surface area contributed by atoms with Gasteiger partial charge in [-0.05, 0) is 37.1 Å². The van der Waals surface area contributed by atoms with Crippen LogP contribution in [-0.4, -0.2) is 36.4 Å². The van der Waals surface area contributed by atoms with Gasteiger partial charge in [0.1, 0.15) is 5.69 Å². The number of pyridine rings is 1. The Bertz CT molecular complexity index is 1040. The average molecular weight is 370 g/mol. The molecule has 140 valence electrons. The summed E-state index contributed by atoms with van der Waals surface area (Å²) in [7, 11) is 1.89. The van der Waals surface area contributed by atoms with Crippen LogP contribution in [0.25, 0.3) is 22.2 Å². The van der Waals surface area contributed by atoms with Gasteiger partial charge in [0.05, 0.1) is 5.39 Å². The van der Waals surface area contributed by atoms with Crippen molar-refractivity contribution in [1.82, 2.24) is 4.98 Å². The van der Waals surface area contributed by atoms with E-state index in [0.29, 0.717) is 41.3 Å². The normalized spacial score (nSPS) is 15.2. The number of aromatic hydroxyl groups is 1. The van der Waals surface area contributed by atoms with Crippen molar-refractivity contribution in [3.8, 4) is 17.0 Å². The van der Waals surface area contributed by atoms with E-state index in [1.807, 2.05) is 11.9 Å². The van der Waals surface area contributed by atoms with Gasteiger partial charge < -0.3 is 19.2 Å². The molecule has 1 fully saturated rings. The Kier molecular flexibility index (Phi) is 4.53. The number of hydrogen-bond donors (Lipinski definition) is 1. The lowest BCUT2D eigenvalue weighted by Gasteiger charge is -2.31. The van der Waals surface area contributed by atoms with Crippen molar-refractivity contribution >= 4 is 16.9 Å². The molecule has 0 aliphatic carbocycles. The van der Waals surface area contributed by atoms with Gasteiger partial charge >= 0.3 is 0 Å². The Morgan fingerprint density at radius 1 is 1.22 bits per heavy atom. The zero-order chi connectivity index (χ0) is 19.0. The number of benzene rings is 1. The third-order valence-electron chi connectivity index (χ3n) is 4.94. The molecular formula is C20H19FN2O4. The zero-order valence-corrected chi connectivity index (χ0v) is 14.8. The Morgan fingerprint density at radius 2 is 2.00 bits per heavy atom. The molecule has 1 saturated heterocycles. The molecule has 0 spiro atoms. The molecule has 6 nitrogen and oxygen atoms in total. The van der Waals surface area contributed by atoms with Crippen LogP contribution in [0, 0.1) is 5.82 Å². The van der Waals surface area contributed by atoms with E-state index >= 15 is 0 Å². The van der Waals surface area contributed by atoms with Crippen LogP contribution in [-0.2, 0) is 4.74 Å². The summed E-state index contributed by atoms with van der Waals surface area (Å²) < 4.78 is 25.2. The molecule has 0 bridgehead atoms. The number of phenolic OH excluding ortho intramolecular Hbond substituents is 1. The van der Waals surface area contributed by atoms with Gasteiger partial charge in [-0.25, -0.2) is 4.39 Å². The van der Waals surface area contributed by atoms with Crippen LogP contribution in [0.3, 0.4) is 0 Å². The first-order valence-electron chi connectivity index (χ1n) is 8.77. The highest BCUT2D eigenvalue weighted by molar-refractivity contribution is 5.90. The van der Waals surface area contributed by atoms with Gasteiger partial charge in [0, 0.05) is 44.1 Å². The fourth-order valence-corrected chi connectivity index (χ4v) is 3.36. The van der Waals surface area contributed by atoms with Gasteiger partial charge in [-0.15, -0.1) is 0 Å². The Hall–Kier alpha value is -2.93. The number of phenols is 1. The average Bonchev–Trinajstić information content (AvgIpc) is 2.70. The lowest BCUT2D eigenvalue weighted by Crippen LogP contribution is -2.37. The smallest absolute Gasteiger partial charge is 0.200 e. The molecule has 0 unspecified atom stereocenters. The van der Waals surface area contributed by atoms with E-state index in [9.17, 15) is 14.3 Å². The summed E-state index contributed by atoms with van der Waals surface area (Å²) in [5.74, 6) is -0.766. The second-order valence-corrected chi connectivity index (χ2v) is 6.61. The number of nitrogens with zero attached hydrogens (tertiary/aromatic N) is 2. The Morgan fingerprint density at radius 3 is 2.74 bits per heavy atom. The minimum absolute atomic E-state index is 0.187. The summed E-state index contributed by atoms with van der Waals surface area (Å²) in [5, 5.41) is 9.80. The fraction of sp³-hybridized carbons (Fsp3) is 0.300. The van der Waals surface area contributed by atoms with Crippen molar-refractivity contribution in [2.24, 2.45) is 0 Å². The molecule has 2 aromatic heterocycles. The largest absolute Gasteiger partial charge is 0.505 e. The minimum Gasteiger partial charge on any atom is -0.505 e. The summed E-state index contributed by atoms with van der Waals surface area (Å²) in [6.07, 6.45) is 3.18. The number of fused-ring (bicyclic) bond motifs is 1. The highest BCUT2D eigenvalue weighted by Gasteiger charge is 2.22. The number of aromatic nitrogens is 1. The SMILES string of the molecule is CN(c1cc(=O)c2ccnc(-c3ccc(O)c(F)c3)c2o1)C1CCOCC1. The summed E-state index contributed by atoms with van der Waals surface area (Å²) in [4.78, 5) is 18.9. The van der Waals surface area contributed by atoms with E-state index in [0.717, 1.165) is 12.8 Å². The highest BCUT2D eigenvalue weighted by Crippen LogP contribution is 2.31. The maximum absolute atomic E-state index is 13.8. The van der Waals surface area contributed by atoms with E-state index in [2.05, 4.69) is 4.98 Å². The molecule has 1 N–H and O–H groups in total. The summed E-state index contributed by atoms with van der Waals surface area (Å²) in [5.41, 5.74) is 0.882. The molecular weight excluding hydrogens is 351 g/mol. The number of halogens is 1. The van der Waals surface area contributed by atoms with E-state index in [4.69, 9.17) is 9.15 Å². The van der Waals surface area contributed by atoms with Gasteiger partial charge in [0.15, 0.2) is 28.5 Å². The van der Waals surface area contributed by atoms with Crippen LogP contribution in [0.4, 0.5) is 10.3 Å². The molecule has 0 amide bonds. The second-order valence-electron chi connectivity index (χ2n) is 6.61.